The van der Waals surface area contributed by atoms with Crippen LogP contribution in [0, 0.1) is 0 Å². The fourth-order valence-corrected chi connectivity index (χ4v) is 3.86. The third-order valence-electron chi connectivity index (χ3n) is 4.00. The maximum absolute atomic E-state index is 5.95. The van der Waals surface area contributed by atoms with Gasteiger partial charge in [-0.15, -0.1) is 0 Å². The molecule has 1 aliphatic heterocycles. The number of ether oxygens (including phenoxy) is 2. The van der Waals surface area contributed by atoms with Crippen LogP contribution < -0.4 is 0 Å². The zero-order valence-corrected chi connectivity index (χ0v) is 11.7. The predicted molar refractivity (Wildman–Crippen MR) is 72.9 cm³/mol. The molecule has 0 unspecified atom stereocenters. The molecular weight excluding hydrogens is 246 g/mol. The van der Waals surface area contributed by atoms with Crippen LogP contribution in [0.25, 0.3) is 0 Å². The lowest BCUT2D eigenvalue weighted by molar-refractivity contribution is -0.113. The summed E-state index contributed by atoms with van der Waals surface area (Å²) in [6, 6.07) is 2.78. The maximum atomic E-state index is 5.95. The van der Waals surface area contributed by atoms with Crippen molar-refractivity contribution >= 4 is 11.3 Å². The monoisotopic (exact) mass is 267 g/mol. The molecule has 0 radical (unpaired) electrons. The van der Waals surface area contributed by atoms with Crippen molar-refractivity contribution in [3.8, 4) is 0 Å². The van der Waals surface area contributed by atoms with E-state index in [1.165, 1.54) is 12.0 Å². The molecule has 4 heteroatoms. The summed E-state index contributed by atoms with van der Waals surface area (Å²) >= 11 is 1.78. The molecule has 0 bridgehead atoms. The molecule has 1 aromatic rings. The Morgan fingerprint density at radius 3 is 3.22 bits per heavy atom. The minimum Gasteiger partial charge on any atom is -0.376 e. The van der Waals surface area contributed by atoms with Gasteiger partial charge in [0.2, 0.25) is 0 Å². The van der Waals surface area contributed by atoms with Gasteiger partial charge >= 0.3 is 0 Å². The van der Waals surface area contributed by atoms with Gasteiger partial charge in [-0.1, -0.05) is 0 Å². The summed E-state index contributed by atoms with van der Waals surface area (Å²) in [5.41, 5.74) is 1.43. The average Bonchev–Trinajstić information content (AvgIpc) is 3.01. The zero-order chi connectivity index (χ0) is 12.4. The van der Waals surface area contributed by atoms with E-state index >= 15 is 0 Å². The molecule has 0 spiro atoms. The third kappa shape index (κ3) is 2.48. The van der Waals surface area contributed by atoms with Crippen molar-refractivity contribution in [1.82, 2.24) is 4.90 Å². The predicted octanol–water partition coefficient (Wildman–Crippen LogP) is 2.52. The van der Waals surface area contributed by atoms with Crippen LogP contribution in [0.1, 0.15) is 25.3 Å². The van der Waals surface area contributed by atoms with E-state index in [-0.39, 0.29) is 6.10 Å². The highest BCUT2D eigenvalue weighted by atomic mass is 32.1. The van der Waals surface area contributed by atoms with E-state index in [9.17, 15) is 0 Å². The molecule has 18 heavy (non-hydrogen) atoms. The van der Waals surface area contributed by atoms with E-state index in [1.807, 2.05) is 0 Å². The second-order valence-electron chi connectivity index (χ2n) is 5.08. The van der Waals surface area contributed by atoms with Crippen LogP contribution in [0.4, 0.5) is 0 Å². The molecule has 100 valence electrons. The molecule has 2 aliphatic rings. The van der Waals surface area contributed by atoms with Crippen LogP contribution in [0.5, 0.6) is 0 Å². The minimum atomic E-state index is 0.289. The van der Waals surface area contributed by atoms with E-state index in [4.69, 9.17) is 9.47 Å². The lowest BCUT2D eigenvalue weighted by Gasteiger charge is -2.38. The molecule has 0 aromatic carbocycles. The summed E-state index contributed by atoms with van der Waals surface area (Å²) in [6.45, 7) is 5.82. The standard InChI is InChI=1S/C14H21NO2S/c1-2-16-13-4-3-12-14(13)17-7-6-15(12)9-11-5-8-18-10-11/h5,8,10,12-14H,2-4,6-7,9H2,1H3/t12-,13-,14+/m0/s1. The molecule has 1 saturated carbocycles. The molecule has 0 amide bonds. The second-order valence-corrected chi connectivity index (χ2v) is 5.86. The van der Waals surface area contributed by atoms with Crippen LogP contribution in [0.2, 0.25) is 0 Å². The highest BCUT2D eigenvalue weighted by Crippen LogP contribution is 2.33. The second kappa shape index (κ2) is 5.70. The molecule has 0 N–H and O–H groups in total. The van der Waals surface area contributed by atoms with Crippen molar-refractivity contribution in [1.29, 1.82) is 0 Å². The Morgan fingerprint density at radius 2 is 2.44 bits per heavy atom. The van der Waals surface area contributed by atoms with Gasteiger partial charge in [0.15, 0.2) is 0 Å². The lowest BCUT2D eigenvalue weighted by Crippen LogP contribution is -2.51. The van der Waals surface area contributed by atoms with Gasteiger partial charge in [0.1, 0.15) is 0 Å². The molecule has 1 aromatic heterocycles. The van der Waals surface area contributed by atoms with E-state index < -0.39 is 0 Å². The highest BCUT2D eigenvalue weighted by molar-refractivity contribution is 7.07. The molecule has 2 fully saturated rings. The summed E-state index contributed by atoms with van der Waals surface area (Å²) < 4.78 is 11.8. The Balaban J connectivity index is 1.66. The maximum Gasteiger partial charge on any atom is 0.0992 e. The van der Waals surface area contributed by atoms with E-state index in [0.717, 1.165) is 32.7 Å². The smallest absolute Gasteiger partial charge is 0.0992 e. The van der Waals surface area contributed by atoms with Gasteiger partial charge < -0.3 is 9.47 Å². The molecule has 1 aliphatic carbocycles. The molecule has 3 atom stereocenters. The Hall–Kier alpha value is -0.420. The Bertz CT molecular complexity index is 368. The van der Waals surface area contributed by atoms with Crippen molar-refractivity contribution in [3.05, 3.63) is 22.4 Å². The largest absolute Gasteiger partial charge is 0.376 e. The van der Waals surface area contributed by atoms with Crippen molar-refractivity contribution in [2.45, 2.75) is 44.6 Å². The summed E-state index contributed by atoms with van der Waals surface area (Å²) in [6.07, 6.45) is 2.95. The summed E-state index contributed by atoms with van der Waals surface area (Å²) in [5.74, 6) is 0. The number of nitrogens with zero attached hydrogens (tertiary/aromatic N) is 1. The molecule has 3 nitrogen and oxygen atoms in total. The van der Waals surface area contributed by atoms with Gasteiger partial charge in [-0.2, -0.15) is 11.3 Å². The van der Waals surface area contributed by atoms with Crippen molar-refractivity contribution in [3.63, 3.8) is 0 Å². The SMILES string of the molecule is CCO[C@H]1CC[C@H]2[C@H]1OCCN2Cc1ccsc1. The van der Waals surface area contributed by atoms with Crippen LogP contribution in [0.3, 0.4) is 0 Å². The Labute approximate surface area is 113 Å². The van der Waals surface area contributed by atoms with Gasteiger partial charge in [0, 0.05) is 25.7 Å². The van der Waals surface area contributed by atoms with Crippen molar-refractivity contribution < 1.29 is 9.47 Å². The number of morpholine rings is 1. The van der Waals surface area contributed by atoms with Gasteiger partial charge in [0.25, 0.3) is 0 Å². The molecule has 1 saturated heterocycles. The first kappa shape index (κ1) is 12.6. The molecule has 3 rings (SSSR count). The van der Waals surface area contributed by atoms with E-state index in [2.05, 4.69) is 28.7 Å². The van der Waals surface area contributed by atoms with Crippen LogP contribution in [-0.2, 0) is 16.0 Å². The van der Waals surface area contributed by atoms with E-state index in [1.54, 1.807) is 11.3 Å². The van der Waals surface area contributed by atoms with Crippen LogP contribution in [0.15, 0.2) is 16.8 Å². The number of fused-ring (bicyclic) bond motifs is 1. The normalized spacial score (nSPS) is 32.6. The fourth-order valence-electron chi connectivity index (χ4n) is 3.20. The molecule has 2 heterocycles. The summed E-state index contributed by atoms with van der Waals surface area (Å²) in [5, 5.41) is 4.41. The third-order valence-corrected chi connectivity index (χ3v) is 4.73. The Morgan fingerprint density at radius 1 is 1.50 bits per heavy atom. The van der Waals surface area contributed by atoms with Gasteiger partial charge in [-0.25, -0.2) is 0 Å². The van der Waals surface area contributed by atoms with Crippen molar-refractivity contribution in [2.24, 2.45) is 0 Å². The highest BCUT2D eigenvalue weighted by Gasteiger charge is 2.42. The fraction of sp³-hybridized carbons (Fsp3) is 0.714. The number of rotatable bonds is 4. The first-order valence-electron chi connectivity index (χ1n) is 6.87. The first-order chi connectivity index (χ1) is 8.88. The quantitative estimate of drug-likeness (QED) is 0.836. The number of thiophene rings is 1. The Kier molecular flexibility index (Phi) is 3.99. The first-order valence-corrected chi connectivity index (χ1v) is 7.81. The van der Waals surface area contributed by atoms with Crippen LogP contribution >= 0.6 is 11.3 Å². The minimum absolute atomic E-state index is 0.289. The average molecular weight is 267 g/mol. The van der Waals surface area contributed by atoms with Gasteiger partial charge in [-0.3, -0.25) is 4.90 Å². The number of hydrogen-bond donors (Lipinski definition) is 0. The summed E-state index contributed by atoms with van der Waals surface area (Å²) in [4.78, 5) is 2.58. The van der Waals surface area contributed by atoms with Crippen LogP contribution in [-0.4, -0.2) is 42.9 Å². The summed E-state index contributed by atoms with van der Waals surface area (Å²) in [7, 11) is 0. The van der Waals surface area contributed by atoms with Crippen molar-refractivity contribution in [2.75, 3.05) is 19.8 Å². The topological polar surface area (TPSA) is 21.7 Å². The van der Waals surface area contributed by atoms with Gasteiger partial charge in [0.05, 0.1) is 18.8 Å². The zero-order valence-electron chi connectivity index (χ0n) is 10.9. The molecular formula is C14H21NO2S. The van der Waals surface area contributed by atoms with E-state index in [0.29, 0.717) is 12.1 Å². The van der Waals surface area contributed by atoms with Gasteiger partial charge in [-0.05, 0) is 42.2 Å². The lowest BCUT2D eigenvalue weighted by atomic mass is 10.1. The number of hydrogen-bond acceptors (Lipinski definition) is 4.